The van der Waals surface area contributed by atoms with Crippen LogP contribution < -0.4 is 10.1 Å². The molecule has 1 N–H and O–H groups in total. The van der Waals surface area contributed by atoms with Gasteiger partial charge in [-0.3, -0.25) is 4.79 Å². The van der Waals surface area contributed by atoms with Crippen molar-refractivity contribution in [2.24, 2.45) is 0 Å². The smallest absolute Gasteiger partial charge is 0.233 e. The molecule has 1 aromatic rings. The van der Waals surface area contributed by atoms with Gasteiger partial charge in [-0.25, -0.2) is 0 Å². The molecule has 0 saturated heterocycles. The quantitative estimate of drug-likeness (QED) is 0.859. The van der Waals surface area contributed by atoms with Crippen molar-refractivity contribution in [3.8, 4) is 5.75 Å². The summed E-state index contributed by atoms with van der Waals surface area (Å²) in [6.45, 7) is 1.96. The Hall–Kier alpha value is -1.16. The van der Waals surface area contributed by atoms with Crippen LogP contribution in [0.4, 0.5) is 0 Å². The van der Waals surface area contributed by atoms with Gasteiger partial charge in [0.15, 0.2) is 0 Å². The standard InChI is InChI=1S/C14H19NO2S/c1-10(14(16)15-12-6-7-12)18-9-11-4-3-5-13(8-11)17-2/h3-5,8,10,12H,6-7,9H2,1-2H3,(H,15,16). The molecule has 1 fully saturated rings. The van der Waals surface area contributed by atoms with Gasteiger partial charge in [0.1, 0.15) is 5.75 Å². The Morgan fingerprint density at radius 2 is 2.33 bits per heavy atom. The molecule has 1 amide bonds. The first-order valence-electron chi connectivity index (χ1n) is 6.24. The second kappa shape index (κ2) is 6.14. The molecule has 4 heteroatoms. The van der Waals surface area contributed by atoms with Crippen molar-refractivity contribution in [2.75, 3.05) is 7.11 Å². The largest absolute Gasteiger partial charge is 0.497 e. The molecule has 1 aliphatic rings. The molecule has 2 rings (SSSR count). The number of rotatable bonds is 6. The van der Waals surface area contributed by atoms with Crippen LogP contribution in [0.2, 0.25) is 0 Å². The van der Waals surface area contributed by atoms with Gasteiger partial charge in [0.05, 0.1) is 12.4 Å². The minimum atomic E-state index is -0.00296. The third kappa shape index (κ3) is 3.95. The molecule has 18 heavy (non-hydrogen) atoms. The lowest BCUT2D eigenvalue weighted by Crippen LogP contribution is -2.32. The van der Waals surface area contributed by atoms with Gasteiger partial charge >= 0.3 is 0 Å². The number of methoxy groups -OCH3 is 1. The highest BCUT2D eigenvalue weighted by molar-refractivity contribution is 7.99. The minimum absolute atomic E-state index is 0.00296. The van der Waals surface area contributed by atoms with Crippen LogP contribution in [0.25, 0.3) is 0 Å². The SMILES string of the molecule is COc1cccc(CSC(C)C(=O)NC2CC2)c1. The highest BCUT2D eigenvalue weighted by Crippen LogP contribution is 2.23. The van der Waals surface area contributed by atoms with Crippen LogP contribution in [-0.2, 0) is 10.5 Å². The molecular weight excluding hydrogens is 246 g/mol. The van der Waals surface area contributed by atoms with Crippen molar-refractivity contribution in [3.63, 3.8) is 0 Å². The Kier molecular flexibility index (Phi) is 4.53. The number of thioether (sulfide) groups is 1. The Morgan fingerprint density at radius 1 is 1.56 bits per heavy atom. The van der Waals surface area contributed by atoms with Gasteiger partial charge in [-0.05, 0) is 37.5 Å². The van der Waals surface area contributed by atoms with E-state index in [1.807, 2.05) is 25.1 Å². The number of carbonyl (C=O) groups is 1. The van der Waals surface area contributed by atoms with E-state index in [4.69, 9.17) is 4.74 Å². The summed E-state index contributed by atoms with van der Waals surface area (Å²) < 4.78 is 5.18. The number of amides is 1. The Morgan fingerprint density at radius 3 is 3.00 bits per heavy atom. The zero-order valence-electron chi connectivity index (χ0n) is 10.8. The number of ether oxygens (including phenoxy) is 1. The van der Waals surface area contributed by atoms with Gasteiger partial charge < -0.3 is 10.1 Å². The molecule has 98 valence electrons. The summed E-state index contributed by atoms with van der Waals surface area (Å²) in [7, 11) is 1.66. The summed E-state index contributed by atoms with van der Waals surface area (Å²) in [5.41, 5.74) is 1.19. The lowest BCUT2D eigenvalue weighted by molar-refractivity contribution is -0.120. The number of nitrogens with one attached hydrogen (secondary N) is 1. The van der Waals surface area contributed by atoms with E-state index in [0.717, 1.165) is 24.3 Å². The van der Waals surface area contributed by atoms with E-state index >= 15 is 0 Å². The zero-order chi connectivity index (χ0) is 13.0. The lowest BCUT2D eigenvalue weighted by Gasteiger charge is -2.11. The van der Waals surface area contributed by atoms with Crippen molar-refractivity contribution in [2.45, 2.75) is 36.8 Å². The van der Waals surface area contributed by atoms with E-state index < -0.39 is 0 Å². The second-order valence-electron chi connectivity index (χ2n) is 4.59. The summed E-state index contributed by atoms with van der Waals surface area (Å²) in [4.78, 5) is 11.8. The highest BCUT2D eigenvalue weighted by atomic mass is 32.2. The number of benzene rings is 1. The fourth-order valence-corrected chi connectivity index (χ4v) is 2.45. The van der Waals surface area contributed by atoms with Crippen molar-refractivity contribution >= 4 is 17.7 Å². The highest BCUT2D eigenvalue weighted by Gasteiger charge is 2.25. The summed E-state index contributed by atoms with van der Waals surface area (Å²) in [6, 6.07) is 8.41. The maximum atomic E-state index is 11.8. The average molecular weight is 265 g/mol. The third-order valence-electron chi connectivity index (χ3n) is 2.93. The maximum Gasteiger partial charge on any atom is 0.233 e. The van der Waals surface area contributed by atoms with Crippen LogP contribution in [-0.4, -0.2) is 24.3 Å². The monoisotopic (exact) mass is 265 g/mol. The molecular formula is C14H19NO2S. The fourth-order valence-electron chi connectivity index (χ4n) is 1.61. The Balaban J connectivity index is 1.80. The van der Waals surface area contributed by atoms with E-state index in [0.29, 0.717) is 6.04 Å². The molecule has 1 aliphatic carbocycles. The van der Waals surface area contributed by atoms with Gasteiger partial charge in [-0.1, -0.05) is 12.1 Å². The van der Waals surface area contributed by atoms with E-state index in [9.17, 15) is 4.79 Å². The first kappa shape index (κ1) is 13.3. The van der Waals surface area contributed by atoms with Crippen molar-refractivity contribution in [1.29, 1.82) is 0 Å². The van der Waals surface area contributed by atoms with Gasteiger partial charge in [-0.2, -0.15) is 0 Å². The third-order valence-corrected chi connectivity index (χ3v) is 4.14. The predicted molar refractivity (Wildman–Crippen MR) is 74.9 cm³/mol. The van der Waals surface area contributed by atoms with E-state index in [2.05, 4.69) is 11.4 Å². The van der Waals surface area contributed by atoms with E-state index in [1.54, 1.807) is 18.9 Å². The molecule has 1 atom stereocenters. The van der Waals surface area contributed by atoms with Crippen LogP contribution in [0, 0.1) is 0 Å². The number of hydrogen-bond donors (Lipinski definition) is 1. The molecule has 0 aromatic heterocycles. The van der Waals surface area contributed by atoms with Gasteiger partial charge in [0, 0.05) is 11.8 Å². The van der Waals surface area contributed by atoms with Crippen molar-refractivity contribution < 1.29 is 9.53 Å². The number of hydrogen-bond acceptors (Lipinski definition) is 3. The number of carbonyl (C=O) groups excluding carboxylic acids is 1. The van der Waals surface area contributed by atoms with E-state index in [-0.39, 0.29) is 11.2 Å². The lowest BCUT2D eigenvalue weighted by atomic mass is 10.2. The molecule has 1 aromatic carbocycles. The molecule has 3 nitrogen and oxygen atoms in total. The van der Waals surface area contributed by atoms with Gasteiger partial charge in [0.2, 0.25) is 5.91 Å². The first-order valence-corrected chi connectivity index (χ1v) is 7.29. The molecule has 0 spiro atoms. The Bertz CT molecular complexity index is 418. The van der Waals surface area contributed by atoms with Crippen LogP contribution in [0.1, 0.15) is 25.3 Å². The summed E-state index contributed by atoms with van der Waals surface area (Å²) in [5, 5.41) is 3.03. The Labute approximate surface area is 112 Å². The zero-order valence-corrected chi connectivity index (χ0v) is 11.6. The molecule has 0 heterocycles. The molecule has 1 saturated carbocycles. The maximum absolute atomic E-state index is 11.8. The van der Waals surface area contributed by atoms with Gasteiger partial charge in [-0.15, -0.1) is 11.8 Å². The van der Waals surface area contributed by atoms with Crippen LogP contribution in [0.15, 0.2) is 24.3 Å². The summed E-state index contributed by atoms with van der Waals surface area (Å²) in [5.74, 6) is 1.85. The molecule has 0 aliphatic heterocycles. The fraction of sp³-hybridized carbons (Fsp3) is 0.500. The predicted octanol–water partition coefficient (Wildman–Crippen LogP) is 2.60. The first-order chi connectivity index (χ1) is 8.69. The summed E-state index contributed by atoms with van der Waals surface area (Å²) >= 11 is 1.66. The molecule has 0 bridgehead atoms. The van der Waals surface area contributed by atoms with Crippen molar-refractivity contribution in [1.82, 2.24) is 5.32 Å². The topological polar surface area (TPSA) is 38.3 Å². The second-order valence-corrected chi connectivity index (χ2v) is 5.92. The molecule has 0 radical (unpaired) electrons. The summed E-state index contributed by atoms with van der Waals surface area (Å²) in [6.07, 6.45) is 2.28. The van der Waals surface area contributed by atoms with E-state index in [1.165, 1.54) is 5.56 Å². The normalized spacial score (nSPS) is 16.1. The van der Waals surface area contributed by atoms with Crippen LogP contribution in [0.3, 0.4) is 0 Å². The molecule has 1 unspecified atom stereocenters. The average Bonchev–Trinajstić information content (AvgIpc) is 3.20. The van der Waals surface area contributed by atoms with Crippen LogP contribution in [0.5, 0.6) is 5.75 Å². The van der Waals surface area contributed by atoms with Crippen LogP contribution >= 0.6 is 11.8 Å². The minimum Gasteiger partial charge on any atom is -0.497 e. The van der Waals surface area contributed by atoms with Gasteiger partial charge in [0.25, 0.3) is 0 Å². The van der Waals surface area contributed by atoms with Crippen molar-refractivity contribution in [3.05, 3.63) is 29.8 Å².